The summed E-state index contributed by atoms with van der Waals surface area (Å²) in [5.41, 5.74) is 2.19. The molecule has 0 aliphatic carbocycles. The van der Waals surface area contributed by atoms with E-state index >= 15 is 0 Å². The summed E-state index contributed by atoms with van der Waals surface area (Å²) in [6.45, 7) is 7.81. The second-order valence-electron chi connectivity index (χ2n) is 6.04. The molecule has 2 rings (SSSR count). The van der Waals surface area contributed by atoms with Crippen molar-refractivity contribution in [1.29, 1.82) is 0 Å². The van der Waals surface area contributed by atoms with Gasteiger partial charge in [0.1, 0.15) is 0 Å². The molecule has 0 amide bonds. The van der Waals surface area contributed by atoms with Crippen molar-refractivity contribution in [2.24, 2.45) is 5.92 Å². The van der Waals surface area contributed by atoms with Gasteiger partial charge in [-0.2, -0.15) is 0 Å². The van der Waals surface area contributed by atoms with Crippen LogP contribution in [0.1, 0.15) is 38.1 Å². The summed E-state index contributed by atoms with van der Waals surface area (Å²) in [6.07, 6.45) is 1.81. The average Bonchev–Trinajstić information content (AvgIpc) is 2.58. The number of ether oxygens (including phenoxy) is 2. The zero-order valence-electron chi connectivity index (χ0n) is 14.4. The fourth-order valence-corrected chi connectivity index (χ4v) is 2.21. The topological polar surface area (TPSA) is 43.4 Å². The van der Waals surface area contributed by atoms with Gasteiger partial charge >= 0.3 is 0 Å². The predicted molar refractivity (Wildman–Crippen MR) is 92.8 cm³/mol. The molecule has 4 heteroatoms. The highest BCUT2D eigenvalue weighted by molar-refractivity contribution is 5.43. The van der Waals surface area contributed by atoms with Gasteiger partial charge in [0.25, 0.3) is 0 Å². The highest BCUT2D eigenvalue weighted by Gasteiger charge is 2.11. The van der Waals surface area contributed by atoms with Crippen LogP contribution in [0.5, 0.6) is 11.5 Å². The van der Waals surface area contributed by atoms with Gasteiger partial charge in [0.15, 0.2) is 11.5 Å². The molecule has 23 heavy (non-hydrogen) atoms. The molecule has 0 spiro atoms. The molecule has 0 radical (unpaired) electrons. The first-order chi connectivity index (χ1) is 11.1. The maximum absolute atomic E-state index is 5.80. The summed E-state index contributed by atoms with van der Waals surface area (Å²) in [5, 5.41) is 3.48. The lowest BCUT2D eigenvalue weighted by Gasteiger charge is -2.17. The van der Waals surface area contributed by atoms with E-state index in [1.165, 1.54) is 0 Å². The second kappa shape index (κ2) is 8.53. The van der Waals surface area contributed by atoms with Crippen LogP contribution in [0.15, 0.2) is 42.6 Å². The number of hydrogen-bond acceptors (Lipinski definition) is 4. The molecule has 1 atom stereocenters. The molecule has 0 saturated carbocycles. The molecule has 0 bridgehead atoms. The maximum atomic E-state index is 5.80. The molecule has 0 aliphatic heterocycles. The number of nitrogens with zero attached hydrogens (tertiary/aromatic N) is 1. The van der Waals surface area contributed by atoms with E-state index in [9.17, 15) is 0 Å². The van der Waals surface area contributed by atoms with Crippen LogP contribution in [0, 0.1) is 5.92 Å². The summed E-state index contributed by atoms with van der Waals surface area (Å²) in [5.74, 6) is 2.05. The largest absolute Gasteiger partial charge is 0.493 e. The minimum Gasteiger partial charge on any atom is -0.493 e. The third kappa shape index (κ3) is 5.25. The molecule has 1 aromatic carbocycles. The van der Waals surface area contributed by atoms with Gasteiger partial charge in [-0.15, -0.1) is 0 Å². The summed E-state index contributed by atoms with van der Waals surface area (Å²) < 4.78 is 11.3. The van der Waals surface area contributed by atoms with Crippen LogP contribution >= 0.6 is 0 Å². The fourth-order valence-electron chi connectivity index (χ4n) is 2.21. The fraction of sp³-hybridized carbons (Fsp3) is 0.421. The lowest BCUT2D eigenvalue weighted by molar-refractivity contribution is 0.256. The van der Waals surface area contributed by atoms with Crippen molar-refractivity contribution in [3.05, 3.63) is 53.9 Å². The SMILES string of the molecule is COc1cc(C(C)NCc2ccccn2)ccc1OCC(C)C. The average molecular weight is 314 g/mol. The van der Waals surface area contributed by atoms with Gasteiger partial charge in [-0.1, -0.05) is 26.0 Å². The van der Waals surface area contributed by atoms with E-state index in [2.05, 4.69) is 37.1 Å². The molecular formula is C19H26N2O2. The summed E-state index contributed by atoms with van der Waals surface area (Å²) in [7, 11) is 1.67. The quantitative estimate of drug-likeness (QED) is 0.800. The number of methoxy groups -OCH3 is 1. The molecule has 2 aromatic rings. The molecule has 124 valence electrons. The summed E-state index contributed by atoms with van der Waals surface area (Å²) in [4.78, 5) is 4.33. The van der Waals surface area contributed by atoms with Crippen LogP contribution < -0.4 is 14.8 Å². The Bertz CT molecular complexity index is 600. The van der Waals surface area contributed by atoms with Crippen LogP contribution in [0.2, 0.25) is 0 Å². The van der Waals surface area contributed by atoms with Crippen LogP contribution in [0.25, 0.3) is 0 Å². The van der Waals surface area contributed by atoms with E-state index < -0.39 is 0 Å². The van der Waals surface area contributed by atoms with Gasteiger partial charge in [-0.05, 0) is 42.7 Å². The number of pyridine rings is 1. The van der Waals surface area contributed by atoms with Gasteiger partial charge < -0.3 is 14.8 Å². The Morgan fingerprint density at radius 1 is 1.09 bits per heavy atom. The summed E-state index contributed by atoms with van der Waals surface area (Å²) in [6, 6.07) is 12.2. The monoisotopic (exact) mass is 314 g/mol. The molecule has 1 aromatic heterocycles. The molecule has 0 aliphatic rings. The smallest absolute Gasteiger partial charge is 0.161 e. The predicted octanol–water partition coefficient (Wildman–Crippen LogP) is 3.98. The third-order valence-corrected chi connectivity index (χ3v) is 3.58. The number of hydrogen-bond donors (Lipinski definition) is 1. The zero-order chi connectivity index (χ0) is 16.7. The minimum absolute atomic E-state index is 0.199. The van der Waals surface area contributed by atoms with E-state index in [0.29, 0.717) is 12.5 Å². The number of aromatic nitrogens is 1. The highest BCUT2D eigenvalue weighted by atomic mass is 16.5. The van der Waals surface area contributed by atoms with Crippen molar-refractivity contribution in [3.8, 4) is 11.5 Å². The van der Waals surface area contributed by atoms with E-state index in [1.54, 1.807) is 7.11 Å². The zero-order valence-corrected chi connectivity index (χ0v) is 14.4. The first-order valence-electron chi connectivity index (χ1n) is 8.04. The highest BCUT2D eigenvalue weighted by Crippen LogP contribution is 2.30. The normalized spacial score (nSPS) is 12.2. The number of benzene rings is 1. The molecule has 1 heterocycles. The lowest BCUT2D eigenvalue weighted by Crippen LogP contribution is -2.18. The number of nitrogens with one attached hydrogen (secondary N) is 1. The molecule has 1 unspecified atom stereocenters. The van der Waals surface area contributed by atoms with E-state index in [0.717, 1.165) is 29.3 Å². The Balaban J connectivity index is 2.01. The van der Waals surface area contributed by atoms with Gasteiger partial charge in [-0.3, -0.25) is 4.98 Å². The Morgan fingerprint density at radius 3 is 2.57 bits per heavy atom. The second-order valence-corrected chi connectivity index (χ2v) is 6.04. The Morgan fingerprint density at radius 2 is 1.91 bits per heavy atom. The minimum atomic E-state index is 0.199. The van der Waals surface area contributed by atoms with Gasteiger partial charge in [-0.25, -0.2) is 0 Å². The molecule has 4 nitrogen and oxygen atoms in total. The maximum Gasteiger partial charge on any atom is 0.161 e. The first-order valence-corrected chi connectivity index (χ1v) is 8.04. The van der Waals surface area contributed by atoms with Gasteiger partial charge in [0.05, 0.1) is 19.4 Å². The standard InChI is InChI=1S/C19H26N2O2/c1-14(2)13-23-18-9-8-16(11-19(18)22-4)15(3)21-12-17-7-5-6-10-20-17/h5-11,14-15,21H,12-13H2,1-4H3. The van der Waals surface area contributed by atoms with E-state index in [1.807, 2.05) is 36.5 Å². The molecule has 0 fully saturated rings. The summed E-state index contributed by atoms with van der Waals surface area (Å²) >= 11 is 0. The Hall–Kier alpha value is -2.07. The van der Waals surface area contributed by atoms with E-state index in [-0.39, 0.29) is 6.04 Å². The van der Waals surface area contributed by atoms with Crippen molar-refractivity contribution in [1.82, 2.24) is 10.3 Å². The van der Waals surface area contributed by atoms with Crippen molar-refractivity contribution in [2.75, 3.05) is 13.7 Å². The van der Waals surface area contributed by atoms with Crippen molar-refractivity contribution in [3.63, 3.8) is 0 Å². The van der Waals surface area contributed by atoms with Crippen LogP contribution in [0.3, 0.4) is 0 Å². The van der Waals surface area contributed by atoms with Gasteiger partial charge in [0, 0.05) is 18.8 Å². The van der Waals surface area contributed by atoms with Crippen LogP contribution in [0.4, 0.5) is 0 Å². The van der Waals surface area contributed by atoms with E-state index in [4.69, 9.17) is 9.47 Å². The molecule has 1 N–H and O–H groups in total. The third-order valence-electron chi connectivity index (χ3n) is 3.58. The van der Waals surface area contributed by atoms with Crippen molar-refractivity contribution < 1.29 is 9.47 Å². The Labute approximate surface area is 138 Å². The van der Waals surface area contributed by atoms with Crippen molar-refractivity contribution >= 4 is 0 Å². The lowest BCUT2D eigenvalue weighted by atomic mass is 10.1. The van der Waals surface area contributed by atoms with Crippen molar-refractivity contribution in [2.45, 2.75) is 33.4 Å². The first kappa shape index (κ1) is 17.3. The van der Waals surface area contributed by atoms with Crippen LogP contribution in [-0.2, 0) is 6.54 Å². The number of rotatable bonds is 8. The Kier molecular flexibility index (Phi) is 6.41. The van der Waals surface area contributed by atoms with Gasteiger partial charge in [0.2, 0.25) is 0 Å². The molecular weight excluding hydrogens is 288 g/mol. The molecule has 0 saturated heterocycles. The van der Waals surface area contributed by atoms with Crippen LogP contribution in [-0.4, -0.2) is 18.7 Å².